The molecule has 2 rings (SSSR count). The Morgan fingerprint density at radius 3 is 2.58 bits per heavy atom. The zero-order valence-electron chi connectivity index (χ0n) is 10.2. The molecule has 0 atom stereocenters. The Balaban J connectivity index is 2.03. The summed E-state index contributed by atoms with van der Waals surface area (Å²) in [6, 6.07) is 10.9. The van der Waals surface area contributed by atoms with Gasteiger partial charge in [-0.2, -0.15) is 0 Å². The van der Waals surface area contributed by atoms with E-state index in [1.54, 1.807) is 18.2 Å². The van der Waals surface area contributed by atoms with Crippen LogP contribution in [-0.2, 0) is 16.6 Å². The highest BCUT2D eigenvalue weighted by atomic mass is 35.5. The average Bonchev–Trinajstić information content (AvgIpc) is 2.71. The molecule has 4 nitrogen and oxygen atoms in total. The lowest BCUT2D eigenvalue weighted by Crippen LogP contribution is -2.09. The molecule has 0 saturated carbocycles. The molecule has 7 heteroatoms. The fraction of sp³-hybridized carbons (Fsp3) is 0.167. The van der Waals surface area contributed by atoms with Crippen LogP contribution < -0.4 is 10.0 Å². The van der Waals surface area contributed by atoms with Crippen LogP contribution in [0, 0.1) is 0 Å². The summed E-state index contributed by atoms with van der Waals surface area (Å²) in [6.45, 7) is 0.652. The topological polar surface area (TPSA) is 58.2 Å². The summed E-state index contributed by atoms with van der Waals surface area (Å²) >= 11 is 7.37. The van der Waals surface area contributed by atoms with Crippen LogP contribution >= 0.6 is 22.9 Å². The third-order valence-corrected chi connectivity index (χ3v) is 4.10. The van der Waals surface area contributed by atoms with Crippen molar-refractivity contribution in [1.82, 2.24) is 0 Å². The molecule has 0 saturated heterocycles. The minimum absolute atomic E-state index is 0.539. The maximum absolute atomic E-state index is 11.1. The van der Waals surface area contributed by atoms with Gasteiger partial charge in [-0.25, -0.2) is 8.42 Å². The highest BCUT2D eigenvalue weighted by Gasteiger charge is 2.03. The van der Waals surface area contributed by atoms with Crippen LogP contribution in [-0.4, -0.2) is 14.7 Å². The van der Waals surface area contributed by atoms with E-state index in [4.69, 9.17) is 11.6 Å². The summed E-state index contributed by atoms with van der Waals surface area (Å²) in [4.78, 5) is 1.12. The molecule has 0 spiro atoms. The second-order valence-corrected chi connectivity index (χ2v) is 7.56. The van der Waals surface area contributed by atoms with Crippen LogP contribution in [0.3, 0.4) is 0 Å². The minimum Gasteiger partial charge on any atom is -0.380 e. The van der Waals surface area contributed by atoms with E-state index in [0.717, 1.165) is 21.2 Å². The number of sulfonamides is 1. The molecule has 1 aromatic carbocycles. The van der Waals surface area contributed by atoms with Crippen molar-refractivity contribution in [2.45, 2.75) is 6.54 Å². The van der Waals surface area contributed by atoms with Gasteiger partial charge in [0.05, 0.1) is 16.3 Å². The molecule has 0 unspecified atom stereocenters. The summed E-state index contributed by atoms with van der Waals surface area (Å²) in [6.07, 6.45) is 1.13. The van der Waals surface area contributed by atoms with Gasteiger partial charge >= 0.3 is 0 Å². The van der Waals surface area contributed by atoms with Crippen molar-refractivity contribution in [1.29, 1.82) is 0 Å². The molecule has 19 heavy (non-hydrogen) atoms. The van der Waals surface area contributed by atoms with E-state index >= 15 is 0 Å². The lowest BCUT2D eigenvalue weighted by Gasteiger charge is -2.08. The Kier molecular flexibility index (Phi) is 4.34. The summed E-state index contributed by atoms with van der Waals surface area (Å²) in [5, 5.41) is 3.22. The number of rotatable bonds is 5. The molecule has 0 aliphatic carbocycles. The number of nitrogens with one attached hydrogen (secondary N) is 2. The Morgan fingerprint density at radius 1 is 1.21 bits per heavy atom. The first-order chi connectivity index (χ1) is 8.92. The van der Waals surface area contributed by atoms with Crippen LogP contribution in [0.5, 0.6) is 0 Å². The molecule has 1 aromatic heterocycles. The Labute approximate surface area is 121 Å². The van der Waals surface area contributed by atoms with Gasteiger partial charge in [-0.3, -0.25) is 4.72 Å². The Bertz CT molecular complexity index is 668. The van der Waals surface area contributed by atoms with Gasteiger partial charge in [0.2, 0.25) is 10.0 Å². The van der Waals surface area contributed by atoms with Gasteiger partial charge in [0.25, 0.3) is 0 Å². The molecule has 2 N–H and O–H groups in total. The fourth-order valence-corrected chi connectivity index (χ4v) is 3.13. The SMILES string of the molecule is CS(=O)(=O)Nc1cccc(NCc2ccc(Cl)s2)c1. The maximum atomic E-state index is 11.1. The molecular weight excluding hydrogens is 304 g/mol. The van der Waals surface area contributed by atoms with E-state index in [1.165, 1.54) is 11.3 Å². The van der Waals surface area contributed by atoms with Gasteiger partial charge in [0, 0.05) is 17.1 Å². The Morgan fingerprint density at radius 2 is 1.95 bits per heavy atom. The van der Waals surface area contributed by atoms with Crippen LogP contribution in [0.4, 0.5) is 11.4 Å². The highest BCUT2D eigenvalue weighted by molar-refractivity contribution is 7.92. The molecule has 0 fully saturated rings. The summed E-state index contributed by atoms with van der Waals surface area (Å²) < 4.78 is 25.5. The summed E-state index contributed by atoms with van der Waals surface area (Å²) in [5.41, 5.74) is 1.38. The van der Waals surface area contributed by atoms with Gasteiger partial charge in [-0.05, 0) is 30.3 Å². The molecule has 1 heterocycles. The van der Waals surface area contributed by atoms with E-state index in [1.807, 2.05) is 18.2 Å². The lowest BCUT2D eigenvalue weighted by molar-refractivity contribution is 0.607. The van der Waals surface area contributed by atoms with Gasteiger partial charge in [-0.1, -0.05) is 17.7 Å². The van der Waals surface area contributed by atoms with Crippen LogP contribution in [0.25, 0.3) is 0 Å². The van der Waals surface area contributed by atoms with Crippen molar-refractivity contribution in [3.8, 4) is 0 Å². The number of thiophene rings is 1. The first kappa shape index (κ1) is 14.2. The van der Waals surface area contributed by atoms with Crippen LogP contribution in [0.1, 0.15) is 4.88 Å². The zero-order valence-corrected chi connectivity index (χ0v) is 12.6. The predicted molar refractivity (Wildman–Crippen MR) is 81.6 cm³/mol. The number of hydrogen-bond donors (Lipinski definition) is 2. The molecule has 0 amide bonds. The molecule has 0 bridgehead atoms. The summed E-state index contributed by atoms with van der Waals surface area (Å²) in [5.74, 6) is 0. The van der Waals surface area contributed by atoms with Crippen molar-refractivity contribution in [2.75, 3.05) is 16.3 Å². The normalized spacial score (nSPS) is 11.3. The number of benzene rings is 1. The van der Waals surface area contributed by atoms with Crippen LogP contribution in [0.15, 0.2) is 36.4 Å². The molecule has 2 aromatic rings. The lowest BCUT2D eigenvalue weighted by atomic mass is 10.3. The van der Waals surface area contributed by atoms with Gasteiger partial charge < -0.3 is 5.32 Å². The fourth-order valence-electron chi connectivity index (χ4n) is 1.54. The van der Waals surface area contributed by atoms with Crippen molar-refractivity contribution in [3.05, 3.63) is 45.6 Å². The average molecular weight is 317 g/mol. The van der Waals surface area contributed by atoms with E-state index < -0.39 is 10.0 Å². The number of anilines is 2. The van der Waals surface area contributed by atoms with E-state index in [9.17, 15) is 8.42 Å². The minimum atomic E-state index is -3.25. The summed E-state index contributed by atoms with van der Waals surface area (Å²) in [7, 11) is -3.25. The smallest absolute Gasteiger partial charge is 0.229 e. The van der Waals surface area contributed by atoms with E-state index in [-0.39, 0.29) is 0 Å². The van der Waals surface area contributed by atoms with Gasteiger partial charge in [0.1, 0.15) is 0 Å². The third kappa shape index (κ3) is 4.74. The second-order valence-electron chi connectivity index (χ2n) is 4.01. The third-order valence-electron chi connectivity index (χ3n) is 2.26. The number of hydrogen-bond acceptors (Lipinski definition) is 4. The van der Waals surface area contributed by atoms with Gasteiger partial charge in [0.15, 0.2) is 0 Å². The maximum Gasteiger partial charge on any atom is 0.229 e. The first-order valence-corrected chi connectivity index (χ1v) is 8.57. The first-order valence-electron chi connectivity index (χ1n) is 5.48. The van der Waals surface area contributed by atoms with Crippen molar-refractivity contribution < 1.29 is 8.42 Å². The van der Waals surface area contributed by atoms with Crippen molar-refractivity contribution in [2.24, 2.45) is 0 Å². The molecule has 102 valence electrons. The number of halogens is 1. The molecule has 0 radical (unpaired) electrons. The standard InChI is InChI=1S/C12H13ClN2O2S2/c1-19(16,17)15-10-4-2-3-9(7-10)14-8-11-5-6-12(13)18-11/h2-7,14-15H,8H2,1H3. The predicted octanol–water partition coefficient (Wildman–Crippen LogP) is 3.39. The molecular formula is C12H13ClN2O2S2. The highest BCUT2D eigenvalue weighted by Crippen LogP contribution is 2.23. The quantitative estimate of drug-likeness (QED) is 0.889. The van der Waals surface area contributed by atoms with Gasteiger partial charge in [-0.15, -0.1) is 11.3 Å². The zero-order chi connectivity index (χ0) is 13.9. The van der Waals surface area contributed by atoms with Crippen molar-refractivity contribution >= 4 is 44.3 Å². The van der Waals surface area contributed by atoms with Crippen molar-refractivity contribution in [3.63, 3.8) is 0 Å². The molecule has 0 aliphatic heterocycles. The monoisotopic (exact) mass is 316 g/mol. The Hall–Kier alpha value is -1.24. The largest absolute Gasteiger partial charge is 0.380 e. The van der Waals surface area contributed by atoms with E-state index in [0.29, 0.717) is 12.2 Å². The van der Waals surface area contributed by atoms with E-state index in [2.05, 4.69) is 10.0 Å². The second kappa shape index (κ2) is 5.81. The molecule has 0 aliphatic rings. The van der Waals surface area contributed by atoms with Crippen LogP contribution in [0.2, 0.25) is 4.34 Å².